The molecular formula is C12H23NO4. The highest BCUT2D eigenvalue weighted by atomic mass is 16.5. The summed E-state index contributed by atoms with van der Waals surface area (Å²) in [6.45, 7) is 7.21. The molecule has 0 spiro atoms. The molecule has 17 heavy (non-hydrogen) atoms. The molecule has 0 aromatic carbocycles. The van der Waals surface area contributed by atoms with Crippen LogP contribution in [0.25, 0.3) is 0 Å². The van der Waals surface area contributed by atoms with Crippen LogP contribution in [0.4, 0.5) is 0 Å². The van der Waals surface area contributed by atoms with Gasteiger partial charge in [0.15, 0.2) is 0 Å². The maximum atomic E-state index is 11.6. The number of hydrogen-bond donors (Lipinski definition) is 2. The molecule has 2 N–H and O–H groups in total. The zero-order chi connectivity index (χ0) is 13.6. The van der Waals surface area contributed by atoms with Gasteiger partial charge in [0.25, 0.3) is 0 Å². The quantitative estimate of drug-likeness (QED) is 0.742. The maximum Gasteiger partial charge on any atom is 0.326 e. The van der Waals surface area contributed by atoms with E-state index in [2.05, 4.69) is 5.32 Å². The molecular weight excluding hydrogens is 222 g/mol. The maximum absolute atomic E-state index is 11.6. The van der Waals surface area contributed by atoms with Gasteiger partial charge in [-0.3, -0.25) is 4.79 Å². The van der Waals surface area contributed by atoms with Crippen molar-refractivity contribution < 1.29 is 19.4 Å². The van der Waals surface area contributed by atoms with Gasteiger partial charge in [0.1, 0.15) is 6.04 Å². The second kappa shape index (κ2) is 6.59. The van der Waals surface area contributed by atoms with Crippen molar-refractivity contribution in [1.29, 1.82) is 0 Å². The van der Waals surface area contributed by atoms with E-state index in [4.69, 9.17) is 9.84 Å². The first-order chi connectivity index (χ1) is 7.68. The Labute approximate surface area is 103 Å². The molecule has 0 fully saturated rings. The Morgan fingerprint density at radius 1 is 1.35 bits per heavy atom. The molecule has 0 heterocycles. The summed E-state index contributed by atoms with van der Waals surface area (Å²) in [7, 11) is 1.58. The second-order valence-electron chi connectivity index (χ2n) is 5.29. The molecule has 0 aromatic heterocycles. The van der Waals surface area contributed by atoms with E-state index in [0.717, 1.165) is 0 Å². The van der Waals surface area contributed by atoms with Gasteiger partial charge in [0.05, 0.1) is 6.10 Å². The number of carbonyl (C=O) groups excluding carboxylic acids is 1. The smallest absolute Gasteiger partial charge is 0.326 e. The largest absolute Gasteiger partial charge is 0.480 e. The summed E-state index contributed by atoms with van der Waals surface area (Å²) in [4.78, 5) is 22.6. The zero-order valence-electron chi connectivity index (χ0n) is 11.2. The lowest BCUT2D eigenvalue weighted by Gasteiger charge is -2.27. The fourth-order valence-corrected chi connectivity index (χ4v) is 1.33. The number of carboxylic acids is 1. The van der Waals surface area contributed by atoms with Gasteiger partial charge in [0, 0.05) is 13.5 Å². The van der Waals surface area contributed by atoms with Crippen LogP contribution in [0.1, 0.15) is 40.5 Å². The van der Waals surface area contributed by atoms with Crippen LogP contribution in [-0.4, -0.2) is 36.2 Å². The van der Waals surface area contributed by atoms with Gasteiger partial charge >= 0.3 is 5.97 Å². The van der Waals surface area contributed by atoms with Crippen LogP contribution in [0, 0.1) is 5.41 Å². The number of aliphatic carboxylic acids is 1. The topological polar surface area (TPSA) is 75.6 Å². The monoisotopic (exact) mass is 245 g/mol. The average Bonchev–Trinajstić information content (AvgIpc) is 2.20. The minimum absolute atomic E-state index is 0.00124. The van der Waals surface area contributed by atoms with E-state index in [-0.39, 0.29) is 18.4 Å². The average molecular weight is 245 g/mol. The lowest BCUT2D eigenvalue weighted by molar-refractivity contribution is -0.145. The number of carboxylic acid groups (broad SMARTS) is 1. The van der Waals surface area contributed by atoms with E-state index in [1.54, 1.807) is 27.9 Å². The summed E-state index contributed by atoms with van der Waals surface area (Å²) >= 11 is 0. The first kappa shape index (κ1) is 15.9. The molecule has 5 heteroatoms. The van der Waals surface area contributed by atoms with Crippen molar-refractivity contribution in [1.82, 2.24) is 5.32 Å². The highest BCUT2D eigenvalue weighted by Crippen LogP contribution is 2.19. The van der Waals surface area contributed by atoms with E-state index < -0.39 is 17.4 Å². The number of ether oxygens (including phenoxy) is 1. The lowest BCUT2D eigenvalue weighted by atomic mass is 9.86. The SMILES string of the molecule is COC(C)CCC(=O)N[C@H](C(=O)O)C(C)(C)C. The van der Waals surface area contributed by atoms with Crippen molar-refractivity contribution in [2.24, 2.45) is 5.41 Å². The predicted octanol–water partition coefficient (Wildman–Crippen LogP) is 1.42. The first-order valence-corrected chi connectivity index (χ1v) is 5.73. The first-order valence-electron chi connectivity index (χ1n) is 5.73. The van der Waals surface area contributed by atoms with E-state index in [9.17, 15) is 9.59 Å². The van der Waals surface area contributed by atoms with Crippen LogP contribution >= 0.6 is 0 Å². The van der Waals surface area contributed by atoms with Crippen LogP contribution in [-0.2, 0) is 14.3 Å². The van der Waals surface area contributed by atoms with E-state index in [1.807, 2.05) is 6.92 Å². The molecule has 0 aromatic rings. The normalized spacial score (nSPS) is 15.1. The van der Waals surface area contributed by atoms with Crippen LogP contribution in [0.5, 0.6) is 0 Å². The van der Waals surface area contributed by atoms with E-state index in [1.165, 1.54) is 0 Å². The molecule has 5 nitrogen and oxygen atoms in total. The van der Waals surface area contributed by atoms with Crippen LogP contribution in [0.3, 0.4) is 0 Å². The Morgan fingerprint density at radius 2 is 1.88 bits per heavy atom. The minimum Gasteiger partial charge on any atom is -0.480 e. The molecule has 0 aliphatic carbocycles. The fraction of sp³-hybridized carbons (Fsp3) is 0.833. The lowest BCUT2D eigenvalue weighted by Crippen LogP contribution is -2.49. The van der Waals surface area contributed by atoms with Crippen molar-refractivity contribution in [3.63, 3.8) is 0 Å². The summed E-state index contributed by atoms with van der Waals surface area (Å²) in [5.74, 6) is -1.26. The van der Waals surface area contributed by atoms with Gasteiger partial charge in [-0.15, -0.1) is 0 Å². The van der Waals surface area contributed by atoms with Gasteiger partial charge < -0.3 is 15.2 Å². The Morgan fingerprint density at radius 3 is 2.24 bits per heavy atom. The number of hydrogen-bond acceptors (Lipinski definition) is 3. The number of methoxy groups -OCH3 is 1. The Bertz CT molecular complexity index is 270. The van der Waals surface area contributed by atoms with Crippen molar-refractivity contribution in [3.05, 3.63) is 0 Å². The Balaban J connectivity index is 4.29. The van der Waals surface area contributed by atoms with Crippen LogP contribution in [0.2, 0.25) is 0 Å². The third-order valence-corrected chi connectivity index (χ3v) is 2.60. The van der Waals surface area contributed by atoms with Gasteiger partial charge in [-0.1, -0.05) is 20.8 Å². The molecule has 100 valence electrons. The molecule has 0 aliphatic heterocycles. The molecule has 1 unspecified atom stereocenters. The number of rotatable bonds is 6. The highest BCUT2D eigenvalue weighted by molar-refractivity contribution is 5.84. The predicted molar refractivity (Wildman–Crippen MR) is 64.7 cm³/mol. The van der Waals surface area contributed by atoms with Crippen molar-refractivity contribution >= 4 is 11.9 Å². The van der Waals surface area contributed by atoms with Crippen molar-refractivity contribution in [2.45, 2.75) is 52.7 Å². The minimum atomic E-state index is -1.01. The molecule has 2 atom stereocenters. The Kier molecular flexibility index (Phi) is 6.16. The van der Waals surface area contributed by atoms with Crippen molar-refractivity contribution in [2.75, 3.05) is 7.11 Å². The number of amides is 1. The van der Waals surface area contributed by atoms with Gasteiger partial charge in [-0.2, -0.15) is 0 Å². The highest BCUT2D eigenvalue weighted by Gasteiger charge is 2.32. The molecule has 0 radical (unpaired) electrons. The molecule has 0 aliphatic rings. The number of carbonyl (C=O) groups is 2. The van der Waals surface area contributed by atoms with Crippen LogP contribution in [0.15, 0.2) is 0 Å². The standard InChI is InChI=1S/C12H23NO4/c1-8(17-5)6-7-9(14)13-10(11(15)16)12(2,3)4/h8,10H,6-7H2,1-5H3,(H,13,14)(H,15,16)/t8?,10-/m1/s1. The summed E-state index contributed by atoms with van der Waals surface area (Å²) in [5.41, 5.74) is -0.506. The third-order valence-electron chi connectivity index (χ3n) is 2.60. The molecule has 0 bridgehead atoms. The van der Waals surface area contributed by atoms with E-state index in [0.29, 0.717) is 6.42 Å². The summed E-state index contributed by atoms with van der Waals surface area (Å²) in [6.07, 6.45) is 0.854. The van der Waals surface area contributed by atoms with E-state index >= 15 is 0 Å². The van der Waals surface area contributed by atoms with Gasteiger partial charge in [-0.25, -0.2) is 4.79 Å². The molecule has 1 amide bonds. The van der Waals surface area contributed by atoms with Gasteiger partial charge in [-0.05, 0) is 18.8 Å². The second-order valence-corrected chi connectivity index (χ2v) is 5.29. The van der Waals surface area contributed by atoms with Gasteiger partial charge in [0.2, 0.25) is 5.91 Å². The van der Waals surface area contributed by atoms with Crippen LogP contribution < -0.4 is 5.32 Å². The number of nitrogens with one attached hydrogen (secondary N) is 1. The van der Waals surface area contributed by atoms with Crippen molar-refractivity contribution in [3.8, 4) is 0 Å². The fourth-order valence-electron chi connectivity index (χ4n) is 1.33. The third kappa shape index (κ3) is 6.26. The Hall–Kier alpha value is -1.10. The molecule has 0 rings (SSSR count). The zero-order valence-corrected chi connectivity index (χ0v) is 11.2. The molecule has 0 saturated carbocycles. The summed E-state index contributed by atoms with van der Waals surface area (Å²) in [5, 5.41) is 11.6. The summed E-state index contributed by atoms with van der Waals surface area (Å²) in [6, 6.07) is -0.868. The molecule has 0 saturated heterocycles. The summed E-state index contributed by atoms with van der Waals surface area (Å²) < 4.78 is 5.02.